The third-order valence-electron chi connectivity index (χ3n) is 2.88. The number of anilines is 1. The molecule has 0 saturated carbocycles. The van der Waals surface area contributed by atoms with E-state index in [9.17, 15) is 4.79 Å². The first-order valence-electron chi connectivity index (χ1n) is 6.23. The molecule has 1 aromatic carbocycles. The summed E-state index contributed by atoms with van der Waals surface area (Å²) >= 11 is 3.38. The van der Waals surface area contributed by atoms with Crippen molar-refractivity contribution < 1.29 is 4.79 Å². The summed E-state index contributed by atoms with van der Waals surface area (Å²) in [6, 6.07) is 7.69. The lowest BCUT2D eigenvalue weighted by atomic mass is 9.98. The van der Waals surface area contributed by atoms with Crippen LogP contribution in [0.5, 0.6) is 0 Å². The summed E-state index contributed by atoms with van der Waals surface area (Å²) in [4.78, 5) is 12.0. The Balaban J connectivity index is 2.54. The predicted octanol–water partition coefficient (Wildman–Crippen LogP) is 4.60. The van der Waals surface area contributed by atoms with E-state index in [0.717, 1.165) is 35.8 Å². The Morgan fingerprint density at radius 3 is 2.47 bits per heavy atom. The van der Waals surface area contributed by atoms with Gasteiger partial charge in [0.15, 0.2) is 0 Å². The highest BCUT2D eigenvalue weighted by Crippen LogP contribution is 2.18. The minimum atomic E-state index is 0.138. The van der Waals surface area contributed by atoms with Crippen LogP contribution in [-0.4, -0.2) is 5.91 Å². The van der Waals surface area contributed by atoms with Crippen LogP contribution in [0.2, 0.25) is 0 Å². The van der Waals surface area contributed by atoms with Crippen LogP contribution in [0.4, 0.5) is 5.69 Å². The van der Waals surface area contributed by atoms with Crippen molar-refractivity contribution in [3.8, 4) is 0 Å². The molecule has 1 rings (SSSR count). The van der Waals surface area contributed by atoms with E-state index >= 15 is 0 Å². The van der Waals surface area contributed by atoms with Crippen LogP contribution in [0.1, 0.15) is 39.5 Å². The van der Waals surface area contributed by atoms with Crippen molar-refractivity contribution >= 4 is 27.5 Å². The molecule has 17 heavy (non-hydrogen) atoms. The first-order valence-corrected chi connectivity index (χ1v) is 7.03. The number of unbranched alkanes of at least 4 members (excludes halogenated alkanes) is 1. The van der Waals surface area contributed by atoms with Gasteiger partial charge in [-0.1, -0.05) is 42.6 Å². The highest BCUT2D eigenvalue weighted by atomic mass is 79.9. The summed E-state index contributed by atoms with van der Waals surface area (Å²) in [6.45, 7) is 4.22. The first-order chi connectivity index (χ1) is 8.17. The number of amides is 1. The van der Waals surface area contributed by atoms with Gasteiger partial charge >= 0.3 is 0 Å². The average Bonchev–Trinajstić information content (AvgIpc) is 2.33. The van der Waals surface area contributed by atoms with Gasteiger partial charge in [0.1, 0.15) is 0 Å². The molecule has 0 aromatic heterocycles. The van der Waals surface area contributed by atoms with Gasteiger partial charge in [0.05, 0.1) is 0 Å². The fourth-order valence-electron chi connectivity index (χ4n) is 1.75. The van der Waals surface area contributed by atoms with Gasteiger partial charge in [0, 0.05) is 16.1 Å². The second kappa shape index (κ2) is 7.49. The van der Waals surface area contributed by atoms with Crippen LogP contribution in [-0.2, 0) is 4.79 Å². The molecule has 0 aliphatic heterocycles. The zero-order chi connectivity index (χ0) is 12.7. The van der Waals surface area contributed by atoms with Crippen molar-refractivity contribution in [2.24, 2.45) is 5.92 Å². The lowest BCUT2D eigenvalue weighted by Crippen LogP contribution is -2.22. The van der Waals surface area contributed by atoms with E-state index in [1.165, 1.54) is 0 Å². The van der Waals surface area contributed by atoms with Gasteiger partial charge in [-0.25, -0.2) is 0 Å². The van der Waals surface area contributed by atoms with Crippen LogP contribution in [0.15, 0.2) is 28.7 Å². The molecule has 2 nitrogen and oxygen atoms in total. The van der Waals surface area contributed by atoms with E-state index < -0.39 is 0 Å². The summed E-state index contributed by atoms with van der Waals surface area (Å²) in [5.74, 6) is 0.280. The van der Waals surface area contributed by atoms with Crippen LogP contribution < -0.4 is 5.32 Å². The van der Waals surface area contributed by atoms with Gasteiger partial charge in [-0.2, -0.15) is 0 Å². The van der Waals surface area contributed by atoms with E-state index in [2.05, 4.69) is 35.1 Å². The third kappa shape index (κ3) is 4.90. The Hall–Kier alpha value is -0.830. The van der Waals surface area contributed by atoms with Gasteiger partial charge < -0.3 is 5.32 Å². The lowest BCUT2D eigenvalue weighted by molar-refractivity contribution is -0.120. The van der Waals surface area contributed by atoms with E-state index in [1.807, 2.05) is 24.3 Å². The van der Waals surface area contributed by atoms with Crippen LogP contribution in [0, 0.1) is 5.92 Å². The maximum absolute atomic E-state index is 12.0. The Morgan fingerprint density at radius 1 is 1.29 bits per heavy atom. The largest absolute Gasteiger partial charge is 0.326 e. The smallest absolute Gasteiger partial charge is 0.227 e. The molecule has 0 aliphatic carbocycles. The highest BCUT2D eigenvalue weighted by molar-refractivity contribution is 9.10. The van der Waals surface area contributed by atoms with E-state index in [-0.39, 0.29) is 11.8 Å². The lowest BCUT2D eigenvalue weighted by Gasteiger charge is -2.14. The molecule has 0 saturated heterocycles. The number of halogens is 1. The summed E-state index contributed by atoms with van der Waals surface area (Å²) in [6.07, 6.45) is 4.14. The molecule has 1 aromatic rings. The molecular formula is C14H20BrNO. The fourth-order valence-corrected chi connectivity index (χ4v) is 2.01. The maximum atomic E-state index is 12.0. The molecule has 1 amide bonds. The summed E-state index contributed by atoms with van der Waals surface area (Å²) in [5.41, 5.74) is 0.869. The predicted molar refractivity (Wildman–Crippen MR) is 76.1 cm³/mol. The maximum Gasteiger partial charge on any atom is 0.227 e. The Morgan fingerprint density at radius 2 is 1.94 bits per heavy atom. The normalized spacial score (nSPS) is 12.2. The summed E-state index contributed by atoms with van der Waals surface area (Å²) in [5, 5.41) is 2.97. The molecule has 1 N–H and O–H groups in total. The molecule has 0 fully saturated rings. The average molecular weight is 298 g/mol. The van der Waals surface area contributed by atoms with Crippen molar-refractivity contribution in [2.45, 2.75) is 39.5 Å². The zero-order valence-corrected chi connectivity index (χ0v) is 12.1. The molecule has 0 spiro atoms. The highest BCUT2D eigenvalue weighted by Gasteiger charge is 2.15. The first kappa shape index (κ1) is 14.2. The number of benzene rings is 1. The Kier molecular flexibility index (Phi) is 6.27. The second-order valence-electron chi connectivity index (χ2n) is 4.24. The fraction of sp³-hybridized carbons (Fsp3) is 0.500. The van der Waals surface area contributed by atoms with Crippen molar-refractivity contribution in [2.75, 3.05) is 5.32 Å². The van der Waals surface area contributed by atoms with Gasteiger partial charge in [0.25, 0.3) is 0 Å². The third-order valence-corrected chi connectivity index (χ3v) is 3.41. The Bertz CT molecular complexity index is 348. The number of hydrogen-bond donors (Lipinski definition) is 1. The number of rotatable bonds is 6. The minimum absolute atomic E-state index is 0.138. The topological polar surface area (TPSA) is 29.1 Å². The SMILES string of the molecule is CCCCC(CC)C(=O)Nc1ccc(Br)cc1. The van der Waals surface area contributed by atoms with Crippen LogP contribution in [0.3, 0.4) is 0 Å². The molecule has 0 radical (unpaired) electrons. The molecule has 0 heterocycles. The molecule has 0 aliphatic rings. The standard InChI is InChI=1S/C14H20BrNO/c1-3-5-6-11(4-2)14(17)16-13-9-7-12(15)8-10-13/h7-11H,3-6H2,1-2H3,(H,16,17). The number of nitrogens with one attached hydrogen (secondary N) is 1. The monoisotopic (exact) mass is 297 g/mol. The molecule has 94 valence electrons. The van der Waals surface area contributed by atoms with Crippen LogP contribution >= 0.6 is 15.9 Å². The molecule has 3 heteroatoms. The zero-order valence-electron chi connectivity index (χ0n) is 10.5. The molecule has 1 unspecified atom stereocenters. The van der Waals surface area contributed by atoms with Crippen molar-refractivity contribution in [3.63, 3.8) is 0 Å². The van der Waals surface area contributed by atoms with Gasteiger partial charge in [-0.15, -0.1) is 0 Å². The van der Waals surface area contributed by atoms with E-state index in [4.69, 9.17) is 0 Å². The van der Waals surface area contributed by atoms with Gasteiger partial charge in [-0.3, -0.25) is 4.79 Å². The van der Waals surface area contributed by atoms with Crippen molar-refractivity contribution in [3.05, 3.63) is 28.7 Å². The Labute approximate surface area is 112 Å². The van der Waals surface area contributed by atoms with Crippen molar-refractivity contribution in [1.29, 1.82) is 0 Å². The minimum Gasteiger partial charge on any atom is -0.326 e. The summed E-state index contributed by atoms with van der Waals surface area (Å²) in [7, 11) is 0. The van der Waals surface area contributed by atoms with Crippen molar-refractivity contribution in [1.82, 2.24) is 0 Å². The molecule has 0 bridgehead atoms. The number of carbonyl (C=O) groups excluding carboxylic acids is 1. The van der Waals surface area contributed by atoms with E-state index in [0.29, 0.717) is 0 Å². The second-order valence-corrected chi connectivity index (χ2v) is 5.16. The number of carbonyl (C=O) groups is 1. The van der Waals surface area contributed by atoms with Gasteiger partial charge in [0.2, 0.25) is 5.91 Å². The van der Waals surface area contributed by atoms with E-state index in [1.54, 1.807) is 0 Å². The summed E-state index contributed by atoms with van der Waals surface area (Å²) < 4.78 is 1.02. The van der Waals surface area contributed by atoms with Gasteiger partial charge in [-0.05, 0) is 37.1 Å². The van der Waals surface area contributed by atoms with Crippen LogP contribution in [0.25, 0.3) is 0 Å². The quantitative estimate of drug-likeness (QED) is 0.816. The number of hydrogen-bond acceptors (Lipinski definition) is 1. The molecular weight excluding hydrogens is 278 g/mol. The molecule has 1 atom stereocenters.